The van der Waals surface area contributed by atoms with Crippen LogP contribution in [0.3, 0.4) is 0 Å². The van der Waals surface area contributed by atoms with E-state index in [1.54, 1.807) is 17.0 Å². The predicted molar refractivity (Wildman–Crippen MR) is 94.1 cm³/mol. The molecule has 2 amide bonds. The SMILES string of the molecule is CC(C)C[C@H](C(=O)N1CCN(c2ccc(F)cc2)CC1)[C@H](O)C(=O)NO. The van der Waals surface area contributed by atoms with Crippen LogP contribution in [-0.4, -0.2) is 59.3 Å². The molecule has 1 saturated heterocycles. The van der Waals surface area contributed by atoms with Crippen molar-refractivity contribution in [3.63, 3.8) is 0 Å². The van der Waals surface area contributed by atoms with Gasteiger partial charge >= 0.3 is 0 Å². The van der Waals surface area contributed by atoms with Gasteiger partial charge in [-0.25, -0.2) is 9.87 Å². The number of carbonyl (C=O) groups is 2. The first-order chi connectivity index (χ1) is 12.3. The van der Waals surface area contributed by atoms with Gasteiger partial charge in [-0.3, -0.25) is 14.8 Å². The predicted octanol–water partition coefficient (Wildman–Crippen LogP) is 1.00. The van der Waals surface area contributed by atoms with E-state index in [2.05, 4.69) is 4.90 Å². The topological polar surface area (TPSA) is 93.1 Å². The van der Waals surface area contributed by atoms with Crippen LogP contribution in [0.4, 0.5) is 10.1 Å². The second-order valence-electron chi connectivity index (χ2n) is 6.95. The number of aliphatic hydroxyl groups excluding tert-OH is 1. The van der Waals surface area contributed by atoms with Gasteiger partial charge in [0.25, 0.3) is 5.91 Å². The van der Waals surface area contributed by atoms with E-state index in [9.17, 15) is 19.1 Å². The van der Waals surface area contributed by atoms with Crippen LogP contribution in [0.15, 0.2) is 24.3 Å². The maximum absolute atomic E-state index is 13.0. The van der Waals surface area contributed by atoms with Gasteiger partial charge in [-0.05, 0) is 36.6 Å². The Labute approximate surface area is 152 Å². The summed E-state index contributed by atoms with van der Waals surface area (Å²) in [7, 11) is 0. The number of aliphatic hydroxyl groups is 1. The number of piperazine rings is 1. The van der Waals surface area contributed by atoms with Crippen LogP contribution < -0.4 is 10.4 Å². The van der Waals surface area contributed by atoms with Gasteiger partial charge < -0.3 is 14.9 Å². The summed E-state index contributed by atoms with van der Waals surface area (Å²) in [6.07, 6.45) is -1.25. The molecule has 1 aromatic rings. The fourth-order valence-electron chi connectivity index (χ4n) is 3.19. The lowest BCUT2D eigenvalue weighted by atomic mass is 9.90. The van der Waals surface area contributed by atoms with E-state index in [-0.39, 0.29) is 17.6 Å². The van der Waals surface area contributed by atoms with Crippen LogP contribution in [0, 0.1) is 17.7 Å². The maximum atomic E-state index is 13.0. The third-order valence-electron chi connectivity index (χ3n) is 4.59. The van der Waals surface area contributed by atoms with Gasteiger partial charge in [-0.1, -0.05) is 13.8 Å². The highest BCUT2D eigenvalue weighted by molar-refractivity contribution is 5.88. The summed E-state index contributed by atoms with van der Waals surface area (Å²) in [6, 6.07) is 6.19. The number of hydrogen-bond acceptors (Lipinski definition) is 5. The molecule has 144 valence electrons. The number of nitrogens with zero attached hydrogens (tertiary/aromatic N) is 2. The third kappa shape index (κ3) is 4.92. The Morgan fingerprint density at radius 2 is 1.73 bits per heavy atom. The molecule has 0 unspecified atom stereocenters. The Hall–Kier alpha value is -2.19. The molecule has 0 aromatic heterocycles. The first kappa shape index (κ1) is 20.1. The third-order valence-corrected chi connectivity index (χ3v) is 4.59. The molecule has 8 heteroatoms. The fraction of sp³-hybridized carbons (Fsp3) is 0.556. The summed E-state index contributed by atoms with van der Waals surface area (Å²) < 4.78 is 13.0. The van der Waals surface area contributed by atoms with E-state index < -0.39 is 17.9 Å². The van der Waals surface area contributed by atoms with Crippen LogP contribution in [-0.2, 0) is 9.59 Å². The zero-order valence-corrected chi connectivity index (χ0v) is 15.1. The largest absolute Gasteiger partial charge is 0.382 e. The zero-order valence-electron chi connectivity index (χ0n) is 15.1. The zero-order chi connectivity index (χ0) is 19.3. The molecule has 7 nitrogen and oxygen atoms in total. The van der Waals surface area contributed by atoms with E-state index in [0.29, 0.717) is 32.6 Å². The van der Waals surface area contributed by atoms with Gasteiger partial charge in [0.05, 0.1) is 5.92 Å². The van der Waals surface area contributed by atoms with E-state index in [1.165, 1.54) is 17.6 Å². The molecule has 1 heterocycles. The number of hydrogen-bond donors (Lipinski definition) is 3. The minimum absolute atomic E-state index is 0.102. The van der Waals surface area contributed by atoms with Gasteiger partial charge in [-0.15, -0.1) is 0 Å². The molecule has 1 aliphatic rings. The highest BCUT2D eigenvalue weighted by Gasteiger charge is 2.36. The molecule has 0 saturated carbocycles. The molecule has 3 N–H and O–H groups in total. The molecular formula is C18H26FN3O4. The van der Waals surface area contributed by atoms with Crippen molar-refractivity contribution in [2.24, 2.45) is 11.8 Å². The summed E-state index contributed by atoms with van der Waals surface area (Å²) in [5.74, 6) is -2.37. The number of benzene rings is 1. The molecule has 2 atom stereocenters. The smallest absolute Gasteiger partial charge is 0.272 e. The summed E-state index contributed by atoms with van der Waals surface area (Å²) in [5, 5.41) is 18.9. The number of nitrogens with one attached hydrogen (secondary N) is 1. The van der Waals surface area contributed by atoms with Crippen molar-refractivity contribution in [3.05, 3.63) is 30.1 Å². The van der Waals surface area contributed by atoms with Crippen molar-refractivity contribution >= 4 is 17.5 Å². The van der Waals surface area contributed by atoms with Crippen molar-refractivity contribution in [3.8, 4) is 0 Å². The van der Waals surface area contributed by atoms with Crippen LogP contribution in [0.1, 0.15) is 20.3 Å². The van der Waals surface area contributed by atoms with Crippen LogP contribution in [0.2, 0.25) is 0 Å². The number of anilines is 1. The van der Waals surface area contributed by atoms with Gasteiger partial charge in [0.1, 0.15) is 11.9 Å². The summed E-state index contributed by atoms with van der Waals surface area (Å²) in [6.45, 7) is 5.84. The number of hydroxylamine groups is 1. The number of halogens is 1. The van der Waals surface area contributed by atoms with Crippen LogP contribution in [0.5, 0.6) is 0 Å². The Morgan fingerprint density at radius 3 is 2.23 bits per heavy atom. The van der Waals surface area contributed by atoms with Crippen molar-refractivity contribution in [1.82, 2.24) is 10.4 Å². The second kappa shape index (κ2) is 8.95. The van der Waals surface area contributed by atoms with Crippen LogP contribution in [0.25, 0.3) is 0 Å². The second-order valence-corrected chi connectivity index (χ2v) is 6.95. The van der Waals surface area contributed by atoms with Crippen molar-refractivity contribution in [2.45, 2.75) is 26.4 Å². The normalized spacial score (nSPS) is 17.2. The number of amides is 2. The number of carbonyl (C=O) groups excluding carboxylic acids is 2. The van der Waals surface area contributed by atoms with Gasteiger partial charge in [0.2, 0.25) is 5.91 Å². The van der Waals surface area contributed by atoms with Crippen molar-refractivity contribution < 1.29 is 24.3 Å². The minimum atomic E-state index is -1.59. The van der Waals surface area contributed by atoms with Crippen molar-refractivity contribution in [2.75, 3.05) is 31.1 Å². The Morgan fingerprint density at radius 1 is 1.15 bits per heavy atom. The first-order valence-electron chi connectivity index (χ1n) is 8.74. The molecule has 0 radical (unpaired) electrons. The molecule has 0 aliphatic carbocycles. The molecule has 0 bridgehead atoms. The van der Waals surface area contributed by atoms with Gasteiger partial charge in [-0.2, -0.15) is 0 Å². The Kier molecular flexibility index (Phi) is 6.93. The quantitative estimate of drug-likeness (QED) is 0.515. The maximum Gasteiger partial charge on any atom is 0.272 e. The summed E-state index contributed by atoms with van der Waals surface area (Å²) in [5.41, 5.74) is 2.30. The highest BCUT2D eigenvalue weighted by Crippen LogP contribution is 2.22. The average Bonchev–Trinajstić information content (AvgIpc) is 2.65. The molecule has 0 spiro atoms. The standard InChI is InChI=1S/C18H26FN3O4/c1-12(2)11-15(16(23)17(24)20-26)18(25)22-9-7-21(8-10-22)14-5-3-13(19)4-6-14/h3-6,12,15-16,23,26H,7-11H2,1-2H3,(H,20,24)/t15-,16-/m0/s1. The lowest BCUT2D eigenvalue weighted by Crippen LogP contribution is -2.53. The van der Waals surface area contributed by atoms with E-state index >= 15 is 0 Å². The summed E-state index contributed by atoms with van der Waals surface area (Å²) >= 11 is 0. The number of rotatable bonds is 6. The molecule has 1 aliphatic heterocycles. The van der Waals surface area contributed by atoms with Crippen LogP contribution >= 0.6 is 0 Å². The Balaban J connectivity index is 2.01. The molecule has 26 heavy (non-hydrogen) atoms. The van der Waals surface area contributed by atoms with E-state index in [4.69, 9.17) is 5.21 Å². The Bertz CT molecular complexity index is 615. The monoisotopic (exact) mass is 367 g/mol. The first-order valence-corrected chi connectivity index (χ1v) is 8.74. The highest BCUT2D eigenvalue weighted by atomic mass is 19.1. The van der Waals surface area contributed by atoms with E-state index in [1.807, 2.05) is 13.8 Å². The average molecular weight is 367 g/mol. The molecule has 1 aromatic carbocycles. The lowest BCUT2D eigenvalue weighted by Gasteiger charge is -2.38. The summed E-state index contributed by atoms with van der Waals surface area (Å²) in [4.78, 5) is 28.1. The van der Waals surface area contributed by atoms with Crippen molar-refractivity contribution in [1.29, 1.82) is 0 Å². The van der Waals surface area contributed by atoms with E-state index in [0.717, 1.165) is 5.69 Å². The lowest BCUT2D eigenvalue weighted by molar-refractivity contribution is -0.151. The molecule has 1 fully saturated rings. The van der Waals surface area contributed by atoms with Gasteiger partial charge in [0, 0.05) is 31.9 Å². The fourth-order valence-corrected chi connectivity index (χ4v) is 3.19. The van der Waals surface area contributed by atoms with Gasteiger partial charge in [0.15, 0.2) is 0 Å². The minimum Gasteiger partial charge on any atom is -0.382 e. The molecular weight excluding hydrogens is 341 g/mol. The molecule has 2 rings (SSSR count).